The zero-order chi connectivity index (χ0) is 18.0. The van der Waals surface area contributed by atoms with Gasteiger partial charge in [0.2, 0.25) is 10.0 Å². The molecule has 1 aromatic carbocycles. The molecule has 2 N–H and O–H groups in total. The fraction of sp³-hybridized carbons (Fsp3) is 0.556. The molecule has 1 rings (SSSR count). The summed E-state index contributed by atoms with van der Waals surface area (Å²) in [5, 5.41) is 5.34. The van der Waals surface area contributed by atoms with Crippen LogP contribution in [0.1, 0.15) is 52.7 Å². The second kappa shape index (κ2) is 7.21. The molecule has 0 fully saturated rings. The summed E-state index contributed by atoms with van der Waals surface area (Å²) in [4.78, 5) is 0.120. The van der Waals surface area contributed by atoms with E-state index in [9.17, 15) is 8.42 Å². The molecule has 3 nitrogen and oxygen atoms in total. The normalized spacial score (nSPS) is 12.7. The zero-order valence-electron chi connectivity index (χ0n) is 15.3. The van der Waals surface area contributed by atoms with Gasteiger partial charge in [-0.2, -0.15) is 0 Å². The smallest absolute Gasteiger partial charge is 0.225 e. The maximum atomic E-state index is 11.8. The van der Waals surface area contributed by atoms with Gasteiger partial charge in [0.15, 0.2) is 0 Å². The fourth-order valence-electron chi connectivity index (χ4n) is 3.60. The van der Waals surface area contributed by atoms with E-state index in [-0.39, 0.29) is 4.90 Å². The van der Waals surface area contributed by atoms with Crippen molar-refractivity contribution in [2.75, 3.05) is 0 Å². The molecular weight excluding hydrogens is 322 g/mol. The summed E-state index contributed by atoms with van der Waals surface area (Å²) in [5.74, 6) is 3.20. The molecule has 0 spiro atoms. The van der Waals surface area contributed by atoms with E-state index in [1.54, 1.807) is 12.1 Å². The SMILES string of the molecule is Cc1ccc(S(N)(=O)=O)c(C#C[Si](C(C)C)(C(C)C)C(C)C)c1. The van der Waals surface area contributed by atoms with Crippen LogP contribution in [0.15, 0.2) is 23.1 Å². The summed E-state index contributed by atoms with van der Waals surface area (Å²) in [6.45, 7) is 15.3. The molecule has 0 amide bonds. The lowest BCUT2D eigenvalue weighted by Crippen LogP contribution is -2.43. The minimum atomic E-state index is -3.77. The first-order valence-electron chi connectivity index (χ1n) is 8.09. The summed E-state index contributed by atoms with van der Waals surface area (Å²) in [7, 11) is -5.67. The molecule has 0 bridgehead atoms. The van der Waals surface area contributed by atoms with Crippen molar-refractivity contribution in [3.8, 4) is 11.5 Å². The highest BCUT2D eigenvalue weighted by Crippen LogP contribution is 2.40. The average Bonchev–Trinajstić information content (AvgIpc) is 2.36. The number of rotatable bonds is 4. The first-order valence-corrected chi connectivity index (χ1v) is 11.9. The Morgan fingerprint density at radius 1 is 1.00 bits per heavy atom. The van der Waals surface area contributed by atoms with Gasteiger partial charge in [-0.3, -0.25) is 0 Å². The molecular formula is C18H29NO2SSi. The number of hydrogen-bond donors (Lipinski definition) is 1. The Bertz CT molecular complexity index is 703. The third-order valence-corrected chi connectivity index (χ3v) is 12.0. The van der Waals surface area contributed by atoms with Gasteiger partial charge in [-0.05, 0) is 41.2 Å². The van der Waals surface area contributed by atoms with Crippen LogP contribution in [0.4, 0.5) is 0 Å². The van der Waals surface area contributed by atoms with Crippen molar-refractivity contribution in [3.05, 3.63) is 29.3 Å². The van der Waals surface area contributed by atoms with E-state index in [2.05, 4.69) is 53.0 Å². The van der Waals surface area contributed by atoms with Crippen LogP contribution in [0, 0.1) is 18.4 Å². The highest BCUT2D eigenvalue weighted by atomic mass is 32.2. The van der Waals surface area contributed by atoms with Crippen LogP contribution >= 0.6 is 0 Å². The highest BCUT2D eigenvalue weighted by molar-refractivity contribution is 7.89. The summed E-state index contributed by atoms with van der Waals surface area (Å²) in [6.07, 6.45) is 0. The van der Waals surface area contributed by atoms with E-state index < -0.39 is 18.1 Å². The molecule has 1 aromatic rings. The van der Waals surface area contributed by atoms with E-state index in [1.807, 2.05) is 13.0 Å². The van der Waals surface area contributed by atoms with Gasteiger partial charge in [-0.25, -0.2) is 13.6 Å². The van der Waals surface area contributed by atoms with Crippen LogP contribution in [0.2, 0.25) is 16.6 Å². The van der Waals surface area contributed by atoms with Crippen molar-refractivity contribution in [1.82, 2.24) is 0 Å². The van der Waals surface area contributed by atoms with Crippen LogP contribution in [0.25, 0.3) is 0 Å². The van der Waals surface area contributed by atoms with Gasteiger partial charge in [-0.1, -0.05) is 53.5 Å². The topological polar surface area (TPSA) is 60.2 Å². The highest BCUT2D eigenvalue weighted by Gasteiger charge is 2.41. The predicted octanol–water partition coefficient (Wildman–Crippen LogP) is 4.21. The molecule has 128 valence electrons. The molecule has 0 saturated carbocycles. The Hall–Kier alpha value is -1.09. The second-order valence-corrected chi connectivity index (χ2v) is 14.3. The maximum absolute atomic E-state index is 11.8. The number of hydrogen-bond acceptors (Lipinski definition) is 2. The minimum Gasteiger partial charge on any atom is -0.225 e. The van der Waals surface area contributed by atoms with Crippen molar-refractivity contribution in [2.45, 2.75) is 70.0 Å². The van der Waals surface area contributed by atoms with Crippen molar-refractivity contribution in [2.24, 2.45) is 5.14 Å². The summed E-state index contributed by atoms with van der Waals surface area (Å²) in [5.41, 5.74) is 6.55. The van der Waals surface area contributed by atoms with Gasteiger partial charge in [-0.15, -0.1) is 5.54 Å². The summed E-state index contributed by atoms with van der Waals surface area (Å²) < 4.78 is 23.6. The average molecular weight is 352 g/mol. The molecule has 23 heavy (non-hydrogen) atoms. The van der Waals surface area contributed by atoms with Gasteiger partial charge < -0.3 is 0 Å². The molecule has 0 aromatic heterocycles. The Labute approximate surface area is 142 Å². The Kier molecular flexibility index (Phi) is 6.25. The molecule has 0 unspecified atom stereocenters. The molecule has 0 aliphatic heterocycles. The van der Waals surface area contributed by atoms with E-state index >= 15 is 0 Å². The van der Waals surface area contributed by atoms with Gasteiger partial charge >= 0.3 is 0 Å². The van der Waals surface area contributed by atoms with E-state index in [4.69, 9.17) is 5.14 Å². The minimum absolute atomic E-state index is 0.120. The molecule has 0 aliphatic rings. The molecule has 0 heterocycles. The van der Waals surface area contributed by atoms with Crippen LogP contribution in [-0.4, -0.2) is 16.5 Å². The molecule has 0 atom stereocenters. The number of primary sulfonamides is 1. The van der Waals surface area contributed by atoms with E-state index in [1.165, 1.54) is 0 Å². The van der Waals surface area contributed by atoms with Gasteiger partial charge in [0.25, 0.3) is 0 Å². The molecule has 0 aliphatic carbocycles. The second-order valence-electron chi connectivity index (χ2n) is 7.19. The Morgan fingerprint density at radius 2 is 1.48 bits per heavy atom. The number of sulfonamides is 1. The number of nitrogens with two attached hydrogens (primary N) is 1. The third kappa shape index (κ3) is 4.26. The Balaban J connectivity index is 3.59. The summed E-state index contributed by atoms with van der Waals surface area (Å²) >= 11 is 0. The standard InChI is InChI=1S/C18H29NO2SSi/c1-13(2)23(14(3)4,15(5)6)11-10-17-12-16(7)8-9-18(17)22(19,20)21/h8-9,12-15H,1-7H3,(H2,19,20,21). The number of aryl methyl sites for hydroxylation is 1. The maximum Gasteiger partial charge on any atom is 0.239 e. The van der Waals surface area contributed by atoms with Crippen molar-refractivity contribution < 1.29 is 8.42 Å². The van der Waals surface area contributed by atoms with Crippen molar-refractivity contribution in [3.63, 3.8) is 0 Å². The third-order valence-electron chi connectivity index (χ3n) is 4.72. The molecule has 5 heteroatoms. The lowest BCUT2D eigenvalue weighted by atomic mass is 10.1. The monoisotopic (exact) mass is 351 g/mol. The predicted molar refractivity (Wildman–Crippen MR) is 100 cm³/mol. The van der Waals surface area contributed by atoms with Gasteiger partial charge in [0.1, 0.15) is 8.07 Å². The van der Waals surface area contributed by atoms with Crippen molar-refractivity contribution in [1.29, 1.82) is 0 Å². The van der Waals surface area contributed by atoms with Crippen LogP contribution < -0.4 is 5.14 Å². The molecule has 0 saturated heterocycles. The first-order chi connectivity index (χ1) is 10.4. The van der Waals surface area contributed by atoms with Crippen molar-refractivity contribution >= 4 is 18.1 Å². The quantitative estimate of drug-likeness (QED) is 0.652. The number of benzene rings is 1. The van der Waals surface area contributed by atoms with Gasteiger partial charge in [0, 0.05) is 5.56 Å². The molecule has 0 radical (unpaired) electrons. The first kappa shape index (κ1) is 20.0. The van der Waals surface area contributed by atoms with E-state index in [0.717, 1.165) is 5.56 Å². The largest absolute Gasteiger partial charge is 0.239 e. The fourth-order valence-corrected chi connectivity index (χ4v) is 9.49. The van der Waals surface area contributed by atoms with Crippen LogP contribution in [0.3, 0.4) is 0 Å². The summed E-state index contributed by atoms with van der Waals surface area (Å²) in [6, 6.07) is 5.12. The zero-order valence-corrected chi connectivity index (χ0v) is 17.1. The Morgan fingerprint density at radius 3 is 1.87 bits per heavy atom. The van der Waals surface area contributed by atoms with Gasteiger partial charge in [0.05, 0.1) is 4.90 Å². The van der Waals surface area contributed by atoms with Crippen LogP contribution in [-0.2, 0) is 10.0 Å². The van der Waals surface area contributed by atoms with Crippen LogP contribution in [0.5, 0.6) is 0 Å². The lowest BCUT2D eigenvalue weighted by molar-refractivity contribution is 0.597. The lowest BCUT2D eigenvalue weighted by Gasteiger charge is -2.38. The van der Waals surface area contributed by atoms with E-state index in [0.29, 0.717) is 22.2 Å².